The molecular formula is C65H42N2S. The number of pyridine rings is 1. The van der Waals surface area contributed by atoms with Gasteiger partial charge in [0.1, 0.15) is 0 Å². The van der Waals surface area contributed by atoms with E-state index >= 15 is 0 Å². The first kappa shape index (κ1) is 39.7. The summed E-state index contributed by atoms with van der Waals surface area (Å²) in [4.78, 5) is 5.34. The number of aromatic nitrogens is 2. The maximum absolute atomic E-state index is 5.34. The van der Waals surface area contributed by atoms with E-state index in [9.17, 15) is 0 Å². The number of hydrogen-bond donors (Lipinski definition) is 0. The van der Waals surface area contributed by atoms with Gasteiger partial charge in [-0.3, -0.25) is 0 Å². The minimum Gasteiger partial charge on any atom is -0.309 e. The van der Waals surface area contributed by atoms with Gasteiger partial charge in [-0.25, -0.2) is 4.98 Å². The lowest BCUT2D eigenvalue weighted by molar-refractivity contribution is 1.18. The van der Waals surface area contributed by atoms with Crippen molar-refractivity contribution >= 4 is 53.3 Å². The second-order valence-corrected chi connectivity index (χ2v) is 18.6. The fraction of sp³-hybridized carbons (Fsp3) is 0. The normalized spacial score (nSPS) is 11.5. The molecule has 2 nitrogen and oxygen atoms in total. The quantitative estimate of drug-likeness (QED) is 0.149. The van der Waals surface area contributed by atoms with Crippen LogP contribution in [0.15, 0.2) is 255 Å². The fourth-order valence-electron chi connectivity index (χ4n) is 10.00. The zero-order chi connectivity index (χ0) is 45.0. The minimum atomic E-state index is 0.931. The molecule has 0 radical (unpaired) electrons. The van der Waals surface area contributed by atoms with Crippen molar-refractivity contribution in [3.05, 3.63) is 255 Å². The van der Waals surface area contributed by atoms with Crippen LogP contribution in [0.3, 0.4) is 0 Å². The Hall–Kier alpha value is -8.63. The smallest absolute Gasteiger partial charge is 0.0715 e. The number of rotatable bonds is 8. The van der Waals surface area contributed by atoms with E-state index in [1.807, 2.05) is 11.3 Å². The lowest BCUT2D eigenvalue weighted by atomic mass is 9.97. The van der Waals surface area contributed by atoms with Crippen molar-refractivity contribution in [3.8, 4) is 83.8 Å². The summed E-state index contributed by atoms with van der Waals surface area (Å²) in [6.45, 7) is 0. The number of nitrogens with zero attached hydrogens (tertiary/aromatic N) is 2. The molecule has 318 valence electrons. The maximum Gasteiger partial charge on any atom is 0.0715 e. The van der Waals surface area contributed by atoms with E-state index in [-0.39, 0.29) is 0 Å². The Morgan fingerprint density at radius 2 is 0.750 bits per heavy atom. The Morgan fingerprint density at radius 1 is 0.279 bits per heavy atom. The molecule has 0 saturated heterocycles. The van der Waals surface area contributed by atoms with E-state index in [4.69, 9.17) is 4.98 Å². The molecule has 0 atom stereocenters. The van der Waals surface area contributed by atoms with Crippen LogP contribution in [0.2, 0.25) is 0 Å². The maximum atomic E-state index is 5.34. The highest BCUT2D eigenvalue weighted by Crippen LogP contribution is 2.42. The Kier molecular flexibility index (Phi) is 9.73. The van der Waals surface area contributed by atoms with E-state index in [0.29, 0.717) is 0 Å². The number of hydrogen-bond acceptors (Lipinski definition) is 2. The van der Waals surface area contributed by atoms with E-state index < -0.39 is 0 Å². The summed E-state index contributed by atoms with van der Waals surface area (Å²) in [5.41, 5.74) is 19.5. The van der Waals surface area contributed by atoms with Crippen LogP contribution in [0.1, 0.15) is 0 Å². The van der Waals surface area contributed by atoms with Crippen molar-refractivity contribution in [1.29, 1.82) is 0 Å². The SMILES string of the molecule is c1ccc(-c2ccc(-c3cc(-c4ccc(-c5ccccc5)cc4)nc(-c4ccc(-n5c6ccccc6c6cc(-c7cccc(-c8cccc9c8sc8ccccc89)c7)ccc65)cc4)c3)cc2)cc1. The van der Waals surface area contributed by atoms with Crippen LogP contribution in [-0.4, -0.2) is 9.55 Å². The third-order valence-corrected chi connectivity index (χ3v) is 14.7. The van der Waals surface area contributed by atoms with Crippen LogP contribution >= 0.6 is 11.3 Å². The average Bonchev–Trinajstić information content (AvgIpc) is 3.97. The van der Waals surface area contributed by atoms with Gasteiger partial charge in [-0.2, -0.15) is 0 Å². The van der Waals surface area contributed by atoms with Gasteiger partial charge in [0.2, 0.25) is 0 Å². The molecular weight excluding hydrogens is 841 g/mol. The molecule has 3 heteroatoms. The van der Waals surface area contributed by atoms with Crippen molar-refractivity contribution in [1.82, 2.24) is 9.55 Å². The fourth-order valence-corrected chi connectivity index (χ4v) is 11.2. The molecule has 13 aromatic rings. The van der Waals surface area contributed by atoms with Gasteiger partial charge in [0.25, 0.3) is 0 Å². The first-order chi connectivity index (χ1) is 33.7. The Labute approximate surface area is 399 Å². The van der Waals surface area contributed by atoms with Crippen LogP contribution in [0.4, 0.5) is 0 Å². The highest BCUT2D eigenvalue weighted by atomic mass is 32.1. The van der Waals surface area contributed by atoms with Gasteiger partial charge < -0.3 is 4.57 Å². The average molecular weight is 883 g/mol. The van der Waals surface area contributed by atoms with Crippen molar-refractivity contribution in [2.45, 2.75) is 0 Å². The van der Waals surface area contributed by atoms with E-state index in [0.717, 1.165) is 39.3 Å². The minimum absolute atomic E-state index is 0.931. The molecule has 3 heterocycles. The van der Waals surface area contributed by atoms with Crippen LogP contribution in [-0.2, 0) is 0 Å². The lowest BCUT2D eigenvalue weighted by Crippen LogP contribution is -1.95. The second-order valence-electron chi connectivity index (χ2n) is 17.5. The molecule has 0 unspecified atom stereocenters. The van der Waals surface area contributed by atoms with Crippen LogP contribution < -0.4 is 0 Å². The number of benzene rings is 10. The molecule has 0 N–H and O–H groups in total. The highest BCUT2D eigenvalue weighted by Gasteiger charge is 2.16. The van der Waals surface area contributed by atoms with Crippen LogP contribution in [0, 0.1) is 0 Å². The predicted octanol–water partition coefficient (Wildman–Crippen LogP) is 18.2. The zero-order valence-electron chi connectivity index (χ0n) is 37.1. The molecule has 0 fully saturated rings. The van der Waals surface area contributed by atoms with Gasteiger partial charge in [-0.1, -0.05) is 200 Å². The molecule has 0 saturated carbocycles. The number of para-hydroxylation sites is 1. The first-order valence-corrected chi connectivity index (χ1v) is 24.0. The summed E-state index contributed by atoms with van der Waals surface area (Å²) in [6.07, 6.45) is 0. The van der Waals surface area contributed by atoms with E-state index in [1.54, 1.807) is 0 Å². The molecule has 0 amide bonds. The van der Waals surface area contributed by atoms with Crippen molar-refractivity contribution in [2.75, 3.05) is 0 Å². The van der Waals surface area contributed by atoms with Crippen LogP contribution in [0.5, 0.6) is 0 Å². The number of fused-ring (bicyclic) bond motifs is 6. The summed E-state index contributed by atoms with van der Waals surface area (Å²) in [7, 11) is 0. The summed E-state index contributed by atoms with van der Waals surface area (Å²) < 4.78 is 5.06. The molecule has 0 bridgehead atoms. The first-order valence-electron chi connectivity index (χ1n) is 23.2. The van der Waals surface area contributed by atoms with Gasteiger partial charge in [0.05, 0.1) is 22.4 Å². The largest absolute Gasteiger partial charge is 0.309 e. The Bertz CT molecular complexity index is 3880. The number of thiophene rings is 1. The van der Waals surface area contributed by atoms with E-state index in [2.05, 4.69) is 259 Å². The van der Waals surface area contributed by atoms with Crippen molar-refractivity contribution in [2.24, 2.45) is 0 Å². The molecule has 3 aromatic heterocycles. The second kappa shape index (κ2) is 16.7. The van der Waals surface area contributed by atoms with Crippen molar-refractivity contribution in [3.63, 3.8) is 0 Å². The molecule has 0 aliphatic heterocycles. The van der Waals surface area contributed by atoms with Gasteiger partial charge in [-0.15, -0.1) is 11.3 Å². The monoisotopic (exact) mass is 882 g/mol. The van der Waals surface area contributed by atoms with Gasteiger partial charge in [-0.05, 0) is 110 Å². The molecule has 0 aliphatic carbocycles. The summed E-state index contributed by atoms with van der Waals surface area (Å²) in [6, 6.07) is 92.3. The third-order valence-electron chi connectivity index (χ3n) is 13.4. The van der Waals surface area contributed by atoms with Crippen LogP contribution in [0.25, 0.3) is 126 Å². The third kappa shape index (κ3) is 7.09. The zero-order valence-corrected chi connectivity index (χ0v) is 37.9. The lowest BCUT2D eigenvalue weighted by Gasteiger charge is -2.13. The summed E-state index contributed by atoms with van der Waals surface area (Å²) in [5, 5.41) is 5.11. The Morgan fingerprint density at radius 3 is 1.44 bits per heavy atom. The van der Waals surface area contributed by atoms with E-state index in [1.165, 1.54) is 86.5 Å². The Balaban J connectivity index is 0.868. The topological polar surface area (TPSA) is 17.8 Å². The van der Waals surface area contributed by atoms with Gasteiger partial charge in [0.15, 0.2) is 0 Å². The van der Waals surface area contributed by atoms with Gasteiger partial charge >= 0.3 is 0 Å². The standard InChI is InChI=1S/C65H42N2S/c1-3-13-43(14-4-1)45-25-27-47(28-26-45)53-41-60(48-31-29-46(30-32-48)44-15-5-2-6-16-44)66-61(42-53)49-33-36-54(37-34-49)67-62-23-9-7-19-56(62)59-40-51(35-38-63(59)67)50-17-11-18-52(39-50)55-21-12-22-58-57-20-8-10-24-64(57)68-65(55)58/h1-42H. The summed E-state index contributed by atoms with van der Waals surface area (Å²) >= 11 is 1.88. The molecule has 0 aliphatic rings. The predicted molar refractivity (Wildman–Crippen MR) is 290 cm³/mol. The van der Waals surface area contributed by atoms with Gasteiger partial charge in [0, 0.05) is 47.8 Å². The molecule has 10 aromatic carbocycles. The molecule has 0 spiro atoms. The highest BCUT2D eigenvalue weighted by molar-refractivity contribution is 7.26. The molecule has 68 heavy (non-hydrogen) atoms. The van der Waals surface area contributed by atoms with Crippen molar-refractivity contribution < 1.29 is 0 Å². The molecule has 13 rings (SSSR count). The summed E-state index contributed by atoms with van der Waals surface area (Å²) in [5.74, 6) is 0.